The van der Waals surface area contributed by atoms with Gasteiger partial charge in [0.1, 0.15) is 0 Å². The van der Waals surface area contributed by atoms with Gasteiger partial charge in [0, 0.05) is 21.2 Å². The van der Waals surface area contributed by atoms with Gasteiger partial charge in [-0.25, -0.2) is 18.5 Å². The van der Waals surface area contributed by atoms with Crippen LogP contribution >= 0.6 is 27.3 Å². The molecule has 0 bridgehead atoms. The maximum Gasteiger partial charge on any atom is 0.238 e. The van der Waals surface area contributed by atoms with Crippen molar-refractivity contribution in [1.82, 2.24) is 4.98 Å². The largest absolute Gasteiger partial charge is 0.379 e. The Labute approximate surface area is 124 Å². The highest BCUT2D eigenvalue weighted by Gasteiger charge is 2.10. The lowest BCUT2D eigenvalue weighted by atomic mass is 10.3. The van der Waals surface area contributed by atoms with Gasteiger partial charge < -0.3 is 5.32 Å². The summed E-state index contributed by atoms with van der Waals surface area (Å²) in [6.07, 6.45) is 1.82. The van der Waals surface area contributed by atoms with Crippen LogP contribution in [0.25, 0.3) is 0 Å². The van der Waals surface area contributed by atoms with Crippen LogP contribution in [-0.4, -0.2) is 13.4 Å². The lowest BCUT2D eigenvalue weighted by Crippen LogP contribution is -2.12. The van der Waals surface area contributed by atoms with Crippen LogP contribution in [0.3, 0.4) is 0 Å². The molecule has 0 saturated carbocycles. The Hall–Kier alpha value is -0.960. The number of nitrogens with one attached hydrogen (secondary N) is 1. The fraction of sp³-hybridized carbons (Fsp3) is 0.182. The normalized spacial score (nSPS) is 11.5. The number of primary sulfonamides is 1. The first-order valence-electron chi connectivity index (χ1n) is 5.34. The molecule has 0 spiro atoms. The zero-order chi connectivity index (χ0) is 14.0. The Balaban J connectivity index is 2.14. The number of aromatic nitrogens is 1. The number of aryl methyl sites for hydroxylation is 1. The second-order valence-corrected chi connectivity index (χ2v) is 7.62. The molecule has 1 aromatic carbocycles. The number of nitrogens with zero attached hydrogens (tertiary/aromatic N) is 1. The second-order valence-electron chi connectivity index (χ2n) is 3.89. The van der Waals surface area contributed by atoms with Crippen LogP contribution < -0.4 is 10.5 Å². The molecule has 0 aliphatic carbocycles. The molecule has 1 heterocycles. The molecule has 8 heteroatoms. The Morgan fingerprint density at radius 3 is 2.74 bits per heavy atom. The molecule has 0 radical (unpaired) electrons. The summed E-state index contributed by atoms with van der Waals surface area (Å²) in [5.41, 5.74) is 0.804. The Bertz CT molecular complexity index is 698. The van der Waals surface area contributed by atoms with Crippen LogP contribution in [0.15, 0.2) is 33.8 Å². The molecule has 0 amide bonds. The molecule has 0 atom stereocenters. The second kappa shape index (κ2) is 5.58. The van der Waals surface area contributed by atoms with Crippen molar-refractivity contribution in [2.45, 2.75) is 18.4 Å². The van der Waals surface area contributed by atoms with E-state index in [1.807, 2.05) is 13.1 Å². The van der Waals surface area contributed by atoms with Gasteiger partial charge in [-0.3, -0.25) is 0 Å². The molecule has 0 fully saturated rings. The minimum atomic E-state index is -3.67. The van der Waals surface area contributed by atoms with Crippen molar-refractivity contribution in [3.05, 3.63) is 38.8 Å². The zero-order valence-corrected chi connectivity index (χ0v) is 13.3. The number of sulfonamides is 1. The summed E-state index contributed by atoms with van der Waals surface area (Å²) in [4.78, 5) is 5.36. The van der Waals surface area contributed by atoms with Gasteiger partial charge in [-0.1, -0.05) is 0 Å². The predicted octanol–water partition coefficient (Wildman–Crippen LogP) is 2.47. The minimum Gasteiger partial charge on any atom is -0.379 e. The Morgan fingerprint density at radius 1 is 1.47 bits per heavy atom. The molecule has 0 aliphatic rings. The quantitative estimate of drug-likeness (QED) is 0.875. The minimum absolute atomic E-state index is 0.0820. The fourth-order valence-electron chi connectivity index (χ4n) is 1.49. The molecule has 0 saturated heterocycles. The van der Waals surface area contributed by atoms with Crippen molar-refractivity contribution in [3.63, 3.8) is 0 Å². The van der Waals surface area contributed by atoms with E-state index in [1.165, 1.54) is 12.1 Å². The van der Waals surface area contributed by atoms with Crippen molar-refractivity contribution >= 4 is 43.0 Å². The predicted molar refractivity (Wildman–Crippen MR) is 79.7 cm³/mol. The summed E-state index contributed by atoms with van der Waals surface area (Å²) in [7, 11) is -3.67. The van der Waals surface area contributed by atoms with Crippen molar-refractivity contribution in [3.8, 4) is 0 Å². The molecule has 3 N–H and O–H groups in total. The summed E-state index contributed by atoms with van der Waals surface area (Å²) in [5, 5.41) is 9.29. The van der Waals surface area contributed by atoms with Gasteiger partial charge in [0.15, 0.2) is 0 Å². The average molecular weight is 362 g/mol. The van der Waals surface area contributed by atoms with E-state index in [2.05, 4.69) is 26.2 Å². The Morgan fingerprint density at radius 2 is 2.21 bits per heavy atom. The number of nitrogens with two attached hydrogens (primary N) is 1. The van der Waals surface area contributed by atoms with Crippen LogP contribution in [0.5, 0.6) is 0 Å². The van der Waals surface area contributed by atoms with E-state index in [4.69, 9.17) is 5.14 Å². The van der Waals surface area contributed by atoms with Crippen molar-refractivity contribution < 1.29 is 8.42 Å². The number of anilines is 1. The average Bonchev–Trinajstić information content (AvgIpc) is 2.72. The van der Waals surface area contributed by atoms with Crippen molar-refractivity contribution in [1.29, 1.82) is 0 Å². The first-order valence-corrected chi connectivity index (χ1v) is 8.49. The smallest absolute Gasteiger partial charge is 0.238 e. The first kappa shape index (κ1) is 14.4. The molecule has 5 nitrogen and oxygen atoms in total. The highest BCUT2D eigenvalue weighted by Crippen LogP contribution is 2.26. The van der Waals surface area contributed by atoms with Crippen LogP contribution in [0.1, 0.15) is 9.88 Å². The number of halogens is 1. The fourth-order valence-corrected chi connectivity index (χ4v) is 3.43. The molecule has 2 rings (SSSR count). The first-order chi connectivity index (χ1) is 8.86. The number of rotatable bonds is 4. The molecule has 2 aromatic rings. The molecule has 102 valence electrons. The van der Waals surface area contributed by atoms with Crippen LogP contribution in [-0.2, 0) is 16.6 Å². The molecule has 1 aromatic heterocycles. The standard InChI is InChI=1S/C11H12BrN3O2S2/c1-7-14-5-8(18-7)6-15-11-3-2-9(4-10(11)12)19(13,16)17/h2-5,15H,6H2,1H3,(H2,13,16,17). The van der Waals surface area contributed by atoms with Gasteiger partial charge in [-0.2, -0.15) is 0 Å². The van der Waals surface area contributed by atoms with E-state index < -0.39 is 10.0 Å². The third-order valence-electron chi connectivity index (χ3n) is 2.39. The Kier molecular flexibility index (Phi) is 4.24. The third kappa shape index (κ3) is 3.75. The van der Waals surface area contributed by atoms with E-state index in [0.717, 1.165) is 15.6 Å². The van der Waals surface area contributed by atoms with Crippen molar-refractivity contribution in [2.24, 2.45) is 5.14 Å². The summed E-state index contributed by atoms with van der Waals surface area (Å²) < 4.78 is 23.1. The molecule has 19 heavy (non-hydrogen) atoms. The van der Waals surface area contributed by atoms with Gasteiger partial charge in [0.2, 0.25) is 10.0 Å². The highest BCUT2D eigenvalue weighted by molar-refractivity contribution is 9.10. The maximum absolute atomic E-state index is 11.2. The van der Waals surface area contributed by atoms with E-state index in [9.17, 15) is 8.42 Å². The van der Waals surface area contributed by atoms with E-state index >= 15 is 0 Å². The maximum atomic E-state index is 11.2. The monoisotopic (exact) mass is 361 g/mol. The summed E-state index contributed by atoms with van der Waals surface area (Å²) in [6, 6.07) is 4.63. The lowest BCUT2D eigenvalue weighted by Gasteiger charge is -2.08. The summed E-state index contributed by atoms with van der Waals surface area (Å²) in [6.45, 7) is 2.59. The van der Waals surface area contributed by atoms with Gasteiger partial charge in [0.25, 0.3) is 0 Å². The molecular formula is C11H12BrN3O2S2. The van der Waals surface area contributed by atoms with Crippen molar-refractivity contribution in [2.75, 3.05) is 5.32 Å². The van der Waals surface area contributed by atoms with Crippen LogP contribution in [0.2, 0.25) is 0 Å². The number of benzene rings is 1. The zero-order valence-electron chi connectivity index (χ0n) is 10.1. The number of thiazole rings is 1. The van der Waals surface area contributed by atoms with E-state index in [0.29, 0.717) is 11.0 Å². The number of hydrogen-bond acceptors (Lipinski definition) is 5. The highest BCUT2D eigenvalue weighted by atomic mass is 79.9. The molecule has 0 aliphatic heterocycles. The SMILES string of the molecule is Cc1ncc(CNc2ccc(S(N)(=O)=O)cc2Br)s1. The molecule has 0 unspecified atom stereocenters. The van der Waals surface area contributed by atoms with Gasteiger partial charge in [-0.05, 0) is 41.1 Å². The summed E-state index contributed by atoms with van der Waals surface area (Å²) >= 11 is 4.94. The van der Waals surface area contributed by atoms with Crippen LogP contribution in [0.4, 0.5) is 5.69 Å². The van der Waals surface area contributed by atoms with E-state index in [-0.39, 0.29) is 4.90 Å². The third-order valence-corrected chi connectivity index (χ3v) is 4.87. The topological polar surface area (TPSA) is 85.1 Å². The van der Waals surface area contributed by atoms with E-state index in [1.54, 1.807) is 17.4 Å². The molecular weight excluding hydrogens is 350 g/mol. The van der Waals surface area contributed by atoms with Gasteiger partial charge in [-0.15, -0.1) is 11.3 Å². The number of hydrogen-bond donors (Lipinski definition) is 2. The lowest BCUT2D eigenvalue weighted by molar-refractivity contribution is 0.598. The van der Waals surface area contributed by atoms with Gasteiger partial charge >= 0.3 is 0 Å². The summed E-state index contributed by atoms with van der Waals surface area (Å²) in [5.74, 6) is 0. The van der Waals surface area contributed by atoms with Crippen LogP contribution in [0, 0.1) is 6.92 Å². The van der Waals surface area contributed by atoms with Gasteiger partial charge in [0.05, 0.1) is 16.4 Å².